The summed E-state index contributed by atoms with van der Waals surface area (Å²) in [4.78, 5) is 11.5. The highest BCUT2D eigenvalue weighted by Crippen LogP contribution is 2.29. The maximum Gasteiger partial charge on any atom is 0.209 e. The Kier molecular flexibility index (Phi) is 9.85. The Balaban J connectivity index is 1.57. The number of hydrogen-bond donors (Lipinski definition) is 0. The van der Waals surface area contributed by atoms with Gasteiger partial charge in [-0.2, -0.15) is 0 Å². The van der Waals surface area contributed by atoms with Crippen LogP contribution in [0.5, 0.6) is 11.5 Å². The minimum Gasteiger partial charge on any atom is -0.491 e. The second-order valence-electron chi connectivity index (χ2n) is 7.81. The number of ether oxygens (including phenoxy) is 3. The van der Waals surface area contributed by atoms with Crippen LogP contribution in [0.4, 0.5) is 0 Å². The van der Waals surface area contributed by atoms with E-state index in [9.17, 15) is 4.79 Å². The zero-order chi connectivity index (χ0) is 23.5. The van der Waals surface area contributed by atoms with Gasteiger partial charge in [0.15, 0.2) is 5.12 Å². The van der Waals surface area contributed by atoms with Crippen LogP contribution < -0.4 is 9.47 Å². The number of hydrogen-bond acceptors (Lipinski definition) is 5. The summed E-state index contributed by atoms with van der Waals surface area (Å²) in [6.45, 7) is 6.66. The largest absolute Gasteiger partial charge is 0.491 e. The smallest absolute Gasteiger partial charge is 0.209 e. The second kappa shape index (κ2) is 13.1. The van der Waals surface area contributed by atoms with Crippen molar-refractivity contribution >= 4 is 16.9 Å². The van der Waals surface area contributed by atoms with Gasteiger partial charge in [0.1, 0.15) is 18.1 Å². The number of benzene rings is 3. The molecule has 2 unspecified atom stereocenters. The van der Waals surface area contributed by atoms with Gasteiger partial charge in [0.25, 0.3) is 0 Å². The van der Waals surface area contributed by atoms with E-state index in [1.165, 1.54) is 17.3 Å². The zero-order valence-corrected chi connectivity index (χ0v) is 20.3. The first-order valence-electron chi connectivity index (χ1n) is 11.4. The molecule has 3 aromatic rings. The van der Waals surface area contributed by atoms with Gasteiger partial charge in [0, 0.05) is 12.5 Å². The summed E-state index contributed by atoms with van der Waals surface area (Å²) in [7, 11) is 0. The Morgan fingerprint density at radius 3 is 2.30 bits per heavy atom. The monoisotopic (exact) mass is 464 g/mol. The summed E-state index contributed by atoms with van der Waals surface area (Å²) >= 11 is 1.19. The molecule has 174 valence electrons. The van der Waals surface area contributed by atoms with E-state index in [2.05, 4.69) is 38.1 Å². The molecule has 0 amide bonds. The van der Waals surface area contributed by atoms with E-state index in [4.69, 9.17) is 14.2 Å². The summed E-state index contributed by atoms with van der Waals surface area (Å²) in [5.41, 5.74) is 3.43. The third kappa shape index (κ3) is 7.95. The van der Waals surface area contributed by atoms with Crippen molar-refractivity contribution < 1.29 is 19.0 Å². The first-order valence-corrected chi connectivity index (χ1v) is 12.3. The lowest BCUT2D eigenvalue weighted by Gasteiger charge is -2.20. The molecular weight excluding hydrogens is 432 g/mol. The van der Waals surface area contributed by atoms with E-state index >= 15 is 0 Å². The van der Waals surface area contributed by atoms with E-state index in [-0.39, 0.29) is 5.12 Å². The summed E-state index contributed by atoms with van der Waals surface area (Å²) in [5, 5.41) is 0.0346. The molecule has 0 aliphatic rings. The molecule has 2 atom stereocenters. The maximum absolute atomic E-state index is 11.5. The van der Waals surface area contributed by atoms with E-state index in [0.717, 1.165) is 29.0 Å². The van der Waals surface area contributed by atoms with Gasteiger partial charge >= 0.3 is 0 Å². The van der Waals surface area contributed by atoms with Gasteiger partial charge in [-0.3, -0.25) is 4.79 Å². The average molecular weight is 465 g/mol. The zero-order valence-electron chi connectivity index (χ0n) is 19.5. The van der Waals surface area contributed by atoms with Crippen LogP contribution in [0.2, 0.25) is 0 Å². The summed E-state index contributed by atoms with van der Waals surface area (Å²) in [5.74, 6) is 2.47. The van der Waals surface area contributed by atoms with Crippen LogP contribution in [-0.4, -0.2) is 30.4 Å². The lowest BCUT2D eigenvalue weighted by atomic mass is 9.99. The molecule has 0 aliphatic carbocycles. The van der Waals surface area contributed by atoms with Gasteiger partial charge in [-0.25, -0.2) is 0 Å². The summed E-state index contributed by atoms with van der Waals surface area (Å²) in [6.07, 6.45) is 0.551. The first-order chi connectivity index (χ1) is 16.1. The number of carbonyl (C=O) groups excluding carboxylic acids is 1. The Labute approximate surface area is 201 Å². The Morgan fingerprint density at radius 1 is 0.909 bits per heavy atom. The third-order valence-electron chi connectivity index (χ3n) is 5.37. The molecule has 0 fully saturated rings. The molecule has 0 aliphatic heterocycles. The molecular formula is C28H32O4S. The molecule has 0 saturated carbocycles. The van der Waals surface area contributed by atoms with Crippen molar-refractivity contribution in [2.24, 2.45) is 0 Å². The third-order valence-corrected chi connectivity index (χ3v) is 6.21. The standard InChI is InChI=1S/C28H32O4S/c1-4-21(2)23-14-16-25(17-15-23)32-28(20-33-22(3)29)31-19-18-30-27-13-9-8-12-26(27)24-10-6-5-7-11-24/h5-17,21,28H,4,18-20H2,1-3H3. The van der Waals surface area contributed by atoms with Crippen molar-refractivity contribution in [1.82, 2.24) is 0 Å². The van der Waals surface area contributed by atoms with Gasteiger partial charge in [-0.15, -0.1) is 0 Å². The van der Waals surface area contributed by atoms with E-state index in [1.807, 2.05) is 54.6 Å². The van der Waals surface area contributed by atoms with Crippen LogP contribution in [0, 0.1) is 0 Å². The summed E-state index contributed by atoms with van der Waals surface area (Å²) < 4.78 is 18.0. The van der Waals surface area contributed by atoms with Crippen molar-refractivity contribution in [2.45, 2.75) is 39.4 Å². The van der Waals surface area contributed by atoms with Crippen LogP contribution >= 0.6 is 11.8 Å². The van der Waals surface area contributed by atoms with Crippen molar-refractivity contribution in [2.75, 3.05) is 19.0 Å². The molecule has 0 aromatic heterocycles. The quantitative estimate of drug-likeness (QED) is 0.214. The normalized spacial score (nSPS) is 12.7. The fourth-order valence-corrected chi connectivity index (χ4v) is 3.88. The predicted molar refractivity (Wildman–Crippen MR) is 136 cm³/mol. The van der Waals surface area contributed by atoms with Crippen molar-refractivity contribution in [1.29, 1.82) is 0 Å². The highest BCUT2D eigenvalue weighted by atomic mass is 32.2. The molecule has 0 radical (unpaired) electrons. The lowest BCUT2D eigenvalue weighted by Crippen LogP contribution is -2.26. The summed E-state index contributed by atoms with van der Waals surface area (Å²) in [6, 6.07) is 26.2. The van der Waals surface area contributed by atoms with Crippen LogP contribution in [0.3, 0.4) is 0 Å². The Morgan fingerprint density at radius 2 is 1.61 bits per heavy atom. The highest BCUT2D eigenvalue weighted by molar-refractivity contribution is 8.13. The van der Waals surface area contributed by atoms with Crippen LogP contribution in [0.15, 0.2) is 78.9 Å². The van der Waals surface area contributed by atoms with Crippen LogP contribution in [0.1, 0.15) is 38.7 Å². The van der Waals surface area contributed by atoms with Crippen LogP contribution in [-0.2, 0) is 9.53 Å². The molecule has 33 heavy (non-hydrogen) atoms. The first kappa shape index (κ1) is 24.9. The number of para-hydroxylation sites is 1. The Hall–Kier alpha value is -2.76. The maximum atomic E-state index is 11.5. The van der Waals surface area contributed by atoms with Gasteiger partial charge < -0.3 is 14.2 Å². The van der Waals surface area contributed by atoms with Gasteiger partial charge in [-0.1, -0.05) is 86.3 Å². The fraction of sp³-hybridized carbons (Fsp3) is 0.321. The van der Waals surface area contributed by atoms with Gasteiger partial charge in [0.2, 0.25) is 6.29 Å². The van der Waals surface area contributed by atoms with Crippen LogP contribution in [0.25, 0.3) is 11.1 Å². The molecule has 3 aromatic carbocycles. The lowest BCUT2D eigenvalue weighted by molar-refractivity contribution is -0.109. The SMILES string of the molecule is CCC(C)c1ccc(OC(CSC(C)=O)OCCOc2ccccc2-c2ccccc2)cc1. The van der Waals surface area contributed by atoms with E-state index < -0.39 is 6.29 Å². The minimum absolute atomic E-state index is 0.0346. The highest BCUT2D eigenvalue weighted by Gasteiger charge is 2.14. The van der Waals surface area contributed by atoms with Crippen molar-refractivity contribution in [3.63, 3.8) is 0 Å². The number of thioether (sulfide) groups is 1. The van der Waals surface area contributed by atoms with Crippen molar-refractivity contribution in [3.8, 4) is 22.6 Å². The molecule has 4 nitrogen and oxygen atoms in total. The molecule has 0 heterocycles. The molecule has 0 bridgehead atoms. The molecule has 0 N–H and O–H groups in total. The molecule has 5 heteroatoms. The topological polar surface area (TPSA) is 44.8 Å². The van der Waals surface area contributed by atoms with Crippen molar-refractivity contribution in [3.05, 3.63) is 84.4 Å². The fourth-order valence-electron chi connectivity index (χ4n) is 3.34. The molecule has 3 rings (SSSR count). The second-order valence-corrected chi connectivity index (χ2v) is 9.01. The van der Waals surface area contributed by atoms with E-state index in [1.54, 1.807) is 6.92 Å². The molecule has 0 saturated heterocycles. The van der Waals surface area contributed by atoms with Gasteiger partial charge in [-0.05, 0) is 41.7 Å². The molecule has 0 spiro atoms. The van der Waals surface area contributed by atoms with Gasteiger partial charge in [0.05, 0.1) is 12.4 Å². The van der Waals surface area contributed by atoms with E-state index in [0.29, 0.717) is 24.9 Å². The predicted octanol–water partition coefficient (Wildman–Crippen LogP) is 6.95. The Bertz CT molecular complexity index is 988. The average Bonchev–Trinajstić information content (AvgIpc) is 2.85. The minimum atomic E-state index is -0.540. The number of carbonyl (C=O) groups is 1. The number of rotatable bonds is 12.